The molecule has 0 rings (SSSR count). The van der Waals surface area contributed by atoms with E-state index in [0.717, 1.165) is 0 Å². The summed E-state index contributed by atoms with van der Waals surface area (Å²) in [5.41, 5.74) is 0. The molecule has 0 saturated heterocycles. The molecule has 0 aliphatic carbocycles. The van der Waals surface area contributed by atoms with E-state index in [4.69, 9.17) is 22.5 Å². The molecule has 0 aromatic heterocycles. The average molecular weight is 297 g/mol. The molecule has 0 unspecified atom stereocenters. The van der Waals surface area contributed by atoms with Crippen molar-refractivity contribution in [1.82, 2.24) is 0 Å². The number of rotatable bonds is 0. The summed E-state index contributed by atoms with van der Waals surface area (Å²) in [5.74, 6) is 15.1. The number of hydrogen-bond donors (Lipinski definition) is 1. The van der Waals surface area contributed by atoms with Gasteiger partial charge in [0.2, 0.25) is 0 Å². The first kappa shape index (κ1) is 11.9. The fourth-order valence-electron chi connectivity index (χ4n) is 0. The zero-order valence-electron chi connectivity index (χ0n) is 3.79. The van der Waals surface area contributed by atoms with Crippen LogP contribution in [-0.2, 0) is 0 Å². The number of aliphatic hydroxyl groups is 1. The quantitative estimate of drug-likeness (QED) is 0.725. The summed E-state index contributed by atoms with van der Waals surface area (Å²) in [7, 11) is 0. The molecule has 0 bridgehead atoms. The Labute approximate surface area is 64.7 Å². The second kappa shape index (κ2) is 11.0. The fraction of sp³-hybridized carbons (Fsp3) is 1.00. The molecule has 0 saturated carbocycles. The van der Waals surface area contributed by atoms with Crippen LogP contribution in [0.15, 0.2) is 0 Å². The fourth-order valence-corrected chi connectivity index (χ4v) is 0. The third-order valence-electron chi connectivity index (χ3n) is 0. The Morgan fingerprint density at radius 3 is 1.43 bits per heavy atom. The minimum absolute atomic E-state index is 0.250. The molecular formula is C2H6Cl3NdO. The van der Waals surface area contributed by atoms with Crippen molar-refractivity contribution in [2.75, 3.05) is 6.61 Å². The second-order valence-corrected chi connectivity index (χ2v) is 14.6. The molecule has 1 N–H and O–H groups in total. The van der Waals surface area contributed by atoms with Crippen LogP contribution in [0.2, 0.25) is 0 Å². The molecule has 0 radical (unpaired) electrons. The molecule has 0 aromatic rings. The second-order valence-electron chi connectivity index (χ2n) is 0.531. The van der Waals surface area contributed by atoms with E-state index < -0.39 is 29.9 Å². The molecule has 5 heteroatoms. The van der Waals surface area contributed by atoms with Gasteiger partial charge >= 0.3 is 47.3 Å². The van der Waals surface area contributed by atoms with Crippen LogP contribution in [0.4, 0.5) is 0 Å². The predicted molar refractivity (Wildman–Crippen MR) is 30.3 cm³/mol. The summed E-state index contributed by atoms with van der Waals surface area (Å²) < 4.78 is 0. The van der Waals surface area contributed by atoms with Crippen molar-refractivity contribution in [3.63, 3.8) is 0 Å². The third kappa shape index (κ3) is 65.7. The SMILES string of the molecule is CCO.[Cl][Nd]([Cl])[Cl]. The van der Waals surface area contributed by atoms with Gasteiger partial charge in [0.25, 0.3) is 0 Å². The van der Waals surface area contributed by atoms with E-state index in [2.05, 4.69) is 0 Å². The van der Waals surface area contributed by atoms with Gasteiger partial charge in [-0.2, -0.15) is 0 Å². The van der Waals surface area contributed by atoms with E-state index in [0.29, 0.717) is 0 Å². The summed E-state index contributed by atoms with van der Waals surface area (Å²) >= 11 is -2.24. The average Bonchev–Trinajstić information content (AvgIpc) is 1.33. The van der Waals surface area contributed by atoms with Crippen LogP contribution < -0.4 is 0 Å². The van der Waals surface area contributed by atoms with Crippen LogP contribution in [0.5, 0.6) is 0 Å². The molecule has 0 atom stereocenters. The molecule has 1 nitrogen and oxygen atoms in total. The number of hydrogen-bond acceptors (Lipinski definition) is 1. The summed E-state index contributed by atoms with van der Waals surface area (Å²) in [6.07, 6.45) is 0. The Morgan fingerprint density at radius 1 is 1.43 bits per heavy atom. The molecule has 0 fully saturated rings. The van der Waals surface area contributed by atoms with E-state index >= 15 is 0 Å². The van der Waals surface area contributed by atoms with Gasteiger partial charge in [0.05, 0.1) is 0 Å². The van der Waals surface area contributed by atoms with E-state index in [9.17, 15) is 0 Å². The van der Waals surface area contributed by atoms with Crippen molar-refractivity contribution < 1.29 is 35.0 Å². The van der Waals surface area contributed by atoms with E-state index in [1.807, 2.05) is 0 Å². The number of aliphatic hydroxyl groups excluding tert-OH is 1. The topological polar surface area (TPSA) is 20.2 Å². The van der Waals surface area contributed by atoms with Gasteiger partial charge in [0, 0.05) is 6.61 Å². The van der Waals surface area contributed by atoms with E-state index in [1.54, 1.807) is 6.92 Å². The first-order chi connectivity index (χ1) is 3.15. The monoisotopic (exact) mass is 293 g/mol. The van der Waals surface area contributed by atoms with Crippen LogP contribution in [0, 0.1) is 29.9 Å². The van der Waals surface area contributed by atoms with Gasteiger partial charge in [-0.1, -0.05) is 0 Å². The zero-order chi connectivity index (χ0) is 6.28. The Hall–Kier alpha value is 2.18. The normalized spacial score (nSPS) is 6.43. The van der Waals surface area contributed by atoms with Crippen LogP contribution in [0.3, 0.4) is 0 Å². The van der Waals surface area contributed by atoms with Crippen molar-refractivity contribution in [2.24, 2.45) is 0 Å². The standard InChI is InChI=1S/C2H6O.3ClH.Nd/c1-2-3;;;;/h3H,2H2,1H3;3*1H;/q;;;;+3/p-3. The molecule has 0 aliphatic rings. The van der Waals surface area contributed by atoms with Gasteiger partial charge in [0.15, 0.2) is 0 Å². The summed E-state index contributed by atoms with van der Waals surface area (Å²) in [4.78, 5) is 0. The molecular weight excluding hydrogens is 291 g/mol. The van der Waals surface area contributed by atoms with Crippen molar-refractivity contribution >= 4 is 17.4 Å². The van der Waals surface area contributed by atoms with Gasteiger partial charge in [-0.3, -0.25) is 0 Å². The van der Waals surface area contributed by atoms with Gasteiger partial charge in [0.1, 0.15) is 0 Å². The maximum absolute atomic E-state index is 7.57. The molecule has 0 aromatic carbocycles. The first-order valence-electron chi connectivity index (χ1n) is 1.59. The molecule has 0 aliphatic heterocycles. The molecule has 45 valence electrons. The Balaban J connectivity index is 0. The maximum atomic E-state index is 7.57. The third-order valence-corrected chi connectivity index (χ3v) is 0. The molecule has 0 heterocycles. The summed E-state index contributed by atoms with van der Waals surface area (Å²) in [6, 6.07) is 0. The van der Waals surface area contributed by atoms with Gasteiger partial charge < -0.3 is 5.11 Å². The minimum atomic E-state index is -2.24. The van der Waals surface area contributed by atoms with Crippen molar-refractivity contribution in [3.8, 4) is 0 Å². The van der Waals surface area contributed by atoms with Gasteiger partial charge in [-0.15, -0.1) is 0 Å². The molecule has 0 amide bonds. The Bertz CT molecular complexity index is 24.1. The predicted octanol–water partition coefficient (Wildman–Crippen LogP) is 2.07. The van der Waals surface area contributed by atoms with Crippen molar-refractivity contribution in [3.05, 3.63) is 0 Å². The summed E-state index contributed by atoms with van der Waals surface area (Å²) in [6.45, 7) is 1.93. The van der Waals surface area contributed by atoms with Crippen LogP contribution >= 0.6 is 17.4 Å². The van der Waals surface area contributed by atoms with Crippen LogP contribution in [0.25, 0.3) is 0 Å². The van der Waals surface area contributed by atoms with E-state index in [1.165, 1.54) is 0 Å². The molecule has 0 spiro atoms. The first-order valence-corrected chi connectivity index (χ1v) is 13.6. The van der Waals surface area contributed by atoms with Gasteiger partial charge in [-0.05, 0) is 6.92 Å². The number of halogens is 3. The Kier molecular flexibility index (Phi) is 18.8. The van der Waals surface area contributed by atoms with Crippen molar-refractivity contribution in [1.29, 1.82) is 0 Å². The van der Waals surface area contributed by atoms with Crippen molar-refractivity contribution in [2.45, 2.75) is 6.92 Å². The Morgan fingerprint density at radius 2 is 1.43 bits per heavy atom. The summed E-state index contributed by atoms with van der Waals surface area (Å²) in [5, 5.41) is 7.57. The van der Waals surface area contributed by atoms with Crippen LogP contribution in [0.1, 0.15) is 6.92 Å². The van der Waals surface area contributed by atoms with Gasteiger partial charge in [-0.25, -0.2) is 0 Å². The van der Waals surface area contributed by atoms with E-state index in [-0.39, 0.29) is 6.61 Å². The zero-order valence-corrected chi connectivity index (χ0v) is 9.26. The molecule has 7 heavy (non-hydrogen) atoms. The van der Waals surface area contributed by atoms with Crippen LogP contribution in [-0.4, -0.2) is 11.7 Å².